The van der Waals surface area contributed by atoms with Crippen LogP contribution in [0.3, 0.4) is 0 Å². The van der Waals surface area contributed by atoms with Crippen LogP contribution in [0, 0.1) is 5.92 Å². The highest BCUT2D eigenvalue weighted by molar-refractivity contribution is 5.74. The van der Waals surface area contributed by atoms with Gasteiger partial charge in [0.05, 0.1) is 5.92 Å². The Balaban J connectivity index is 1.67. The monoisotopic (exact) mass is 381 g/mol. The predicted molar refractivity (Wildman–Crippen MR) is 112 cm³/mol. The number of nitrogens with two attached hydrogens (primary N) is 1. The molecule has 2 aromatic rings. The normalized spacial score (nSPS) is 16.2. The second-order valence-corrected chi connectivity index (χ2v) is 8.51. The molecular weight excluding hydrogens is 350 g/mol. The summed E-state index contributed by atoms with van der Waals surface area (Å²) >= 11 is 0. The van der Waals surface area contributed by atoms with E-state index in [9.17, 15) is 4.79 Å². The zero-order chi connectivity index (χ0) is 20.1. The molecule has 0 bridgehead atoms. The highest BCUT2D eigenvalue weighted by atomic mass is 16.6. The average molecular weight is 382 g/mol. The van der Waals surface area contributed by atoms with E-state index in [4.69, 9.17) is 15.2 Å². The summed E-state index contributed by atoms with van der Waals surface area (Å²) in [7, 11) is 0. The number of benzene rings is 2. The third-order valence-corrected chi connectivity index (χ3v) is 4.92. The molecule has 2 N–H and O–H groups in total. The first-order valence-corrected chi connectivity index (χ1v) is 10.1. The molecule has 150 valence electrons. The maximum atomic E-state index is 12.3. The number of fused-ring (bicyclic) bond motifs is 1. The molecule has 0 spiro atoms. The average Bonchev–Trinajstić information content (AvgIpc) is 2.66. The number of hydrogen-bond donors (Lipinski definition) is 1. The van der Waals surface area contributed by atoms with Gasteiger partial charge in [-0.25, -0.2) is 0 Å². The van der Waals surface area contributed by atoms with Gasteiger partial charge in [0.25, 0.3) is 0 Å². The largest absolute Gasteiger partial charge is 0.492 e. The minimum absolute atomic E-state index is 0.188. The molecule has 4 nitrogen and oxygen atoms in total. The van der Waals surface area contributed by atoms with Gasteiger partial charge in [0.2, 0.25) is 0 Å². The Labute approximate surface area is 168 Å². The van der Waals surface area contributed by atoms with Crippen molar-refractivity contribution < 1.29 is 14.3 Å². The smallest absolute Gasteiger partial charge is 0.313 e. The van der Waals surface area contributed by atoms with Gasteiger partial charge >= 0.3 is 5.97 Å². The molecule has 1 heterocycles. The molecule has 1 aliphatic heterocycles. The molecule has 0 amide bonds. The first kappa shape index (κ1) is 20.4. The van der Waals surface area contributed by atoms with Gasteiger partial charge in [-0.05, 0) is 81.3 Å². The number of aryl methyl sites for hydroxylation is 1. The fourth-order valence-corrected chi connectivity index (χ4v) is 3.43. The lowest BCUT2D eigenvalue weighted by atomic mass is 9.93. The van der Waals surface area contributed by atoms with Crippen LogP contribution in [0.2, 0.25) is 0 Å². The van der Waals surface area contributed by atoms with Crippen LogP contribution in [0.1, 0.15) is 44.7 Å². The highest BCUT2D eigenvalue weighted by Crippen LogP contribution is 2.33. The van der Waals surface area contributed by atoms with Crippen molar-refractivity contribution in [3.8, 4) is 16.9 Å². The van der Waals surface area contributed by atoms with E-state index >= 15 is 0 Å². The summed E-state index contributed by atoms with van der Waals surface area (Å²) in [4.78, 5) is 12.3. The number of unbranched alkanes of at least 4 members (excludes halogenated alkanes) is 1. The van der Waals surface area contributed by atoms with Crippen molar-refractivity contribution in [3.05, 3.63) is 53.6 Å². The van der Waals surface area contributed by atoms with Gasteiger partial charge < -0.3 is 15.2 Å². The first-order chi connectivity index (χ1) is 13.4. The topological polar surface area (TPSA) is 61.5 Å². The van der Waals surface area contributed by atoms with Crippen LogP contribution in [0.25, 0.3) is 11.1 Å². The summed E-state index contributed by atoms with van der Waals surface area (Å²) in [5, 5.41) is 0. The van der Waals surface area contributed by atoms with Crippen molar-refractivity contribution in [2.45, 2.75) is 52.1 Å². The van der Waals surface area contributed by atoms with E-state index < -0.39 is 5.60 Å². The molecule has 0 saturated heterocycles. The number of carbonyl (C=O) groups is 1. The molecule has 3 rings (SSSR count). The molecule has 1 atom stereocenters. The standard InChI is InChI=1S/C24H31NO3/c1-24(2,3)28-23(26)21-14-20-12-11-19(15-22(20)27-16-21)18-9-7-17(8-10-18)6-4-5-13-25/h7-12,15,21H,4-6,13-14,16,25H2,1-3H3. The zero-order valence-electron chi connectivity index (χ0n) is 17.2. The lowest BCUT2D eigenvalue weighted by Crippen LogP contribution is -2.34. The maximum Gasteiger partial charge on any atom is 0.313 e. The quantitative estimate of drug-likeness (QED) is 0.590. The Morgan fingerprint density at radius 3 is 2.50 bits per heavy atom. The van der Waals surface area contributed by atoms with Gasteiger partial charge in [-0.1, -0.05) is 36.4 Å². The molecule has 4 heteroatoms. The first-order valence-electron chi connectivity index (χ1n) is 10.1. The van der Waals surface area contributed by atoms with Gasteiger partial charge in [-0.2, -0.15) is 0 Å². The molecule has 0 fully saturated rings. The van der Waals surface area contributed by atoms with Crippen LogP contribution in [0.5, 0.6) is 5.75 Å². The van der Waals surface area contributed by atoms with Crippen LogP contribution >= 0.6 is 0 Å². The van der Waals surface area contributed by atoms with Crippen molar-refractivity contribution >= 4 is 5.97 Å². The van der Waals surface area contributed by atoms with Gasteiger partial charge in [-0.3, -0.25) is 4.79 Å². The maximum absolute atomic E-state index is 12.3. The Morgan fingerprint density at radius 1 is 1.11 bits per heavy atom. The van der Waals surface area contributed by atoms with E-state index in [2.05, 4.69) is 42.5 Å². The second kappa shape index (κ2) is 8.78. The van der Waals surface area contributed by atoms with Crippen LogP contribution in [-0.2, 0) is 22.4 Å². The van der Waals surface area contributed by atoms with Gasteiger partial charge in [0, 0.05) is 0 Å². The van der Waals surface area contributed by atoms with Crippen LogP contribution in [0.4, 0.5) is 0 Å². The minimum atomic E-state index is -0.475. The van der Waals surface area contributed by atoms with E-state index in [1.165, 1.54) is 11.1 Å². The molecule has 28 heavy (non-hydrogen) atoms. The number of hydrogen-bond acceptors (Lipinski definition) is 4. The SMILES string of the molecule is CC(C)(C)OC(=O)C1COc2cc(-c3ccc(CCCCN)cc3)ccc2C1. The minimum Gasteiger partial charge on any atom is -0.492 e. The van der Waals surface area contributed by atoms with Crippen LogP contribution in [-0.4, -0.2) is 24.7 Å². The lowest BCUT2D eigenvalue weighted by Gasteiger charge is -2.28. The molecule has 0 radical (unpaired) electrons. The summed E-state index contributed by atoms with van der Waals surface area (Å²) in [5.41, 5.74) is 9.78. The number of ether oxygens (including phenoxy) is 2. The molecular formula is C24H31NO3. The van der Waals surface area contributed by atoms with E-state index in [-0.39, 0.29) is 11.9 Å². The van der Waals surface area contributed by atoms with E-state index in [0.717, 1.165) is 42.7 Å². The number of esters is 1. The molecule has 1 unspecified atom stereocenters. The zero-order valence-corrected chi connectivity index (χ0v) is 17.2. The molecule has 2 aromatic carbocycles. The van der Waals surface area contributed by atoms with Gasteiger partial charge in [0.1, 0.15) is 18.0 Å². The van der Waals surface area contributed by atoms with Crippen molar-refractivity contribution in [1.29, 1.82) is 0 Å². The fraction of sp³-hybridized carbons (Fsp3) is 0.458. The lowest BCUT2D eigenvalue weighted by molar-refractivity contribution is -0.161. The van der Waals surface area contributed by atoms with Crippen molar-refractivity contribution in [2.75, 3.05) is 13.2 Å². The number of carbonyl (C=O) groups excluding carboxylic acids is 1. The van der Waals surface area contributed by atoms with Gasteiger partial charge in [-0.15, -0.1) is 0 Å². The third kappa shape index (κ3) is 5.35. The van der Waals surface area contributed by atoms with Gasteiger partial charge in [0.15, 0.2) is 0 Å². The van der Waals surface area contributed by atoms with Crippen LogP contribution < -0.4 is 10.5 Å². The molecule has 0 saturated carbocycles. The summed E-state index contributed by atoms with van der Waals surface area (Å²) in [5.74, 6) is 0.433. The Bertz CT molecular complexity index is 806. The number of rotatable bonds is 6. The van der Waals surface area contributed by atoms with E-state index in [0.29, 0.717) is 13.0 Å². The summed E-state index contributed by atoms with van der Waals surface area (Å²) in [6, 6.07) is 14.9. The van der Waals surface area contributed by atoms with Crippen molar-refractivity contribution in [1.82, 2.24) is 0 Å². The third-order valence-electron chi connectivity index (χ3n) is 4.92. The second-order valence-electron chi connectivity index (χ2n) is 8.51. The van der Waals surface area contributed by atoms with Crippen molar-refractivity contribution in [3.63, 3.8) is 0 Å². The van der Waals surface area contributed by atoms with Crippen molar-refractivity contribution in [2.24, 2.45) is 11.7 Å². The Morgan fingerprint density at radius 2 is 1.82 bits per heavy atom. The summed E-state index contributed by atoms with van der Waals surface area (Å²) in [6.07, 6.45) is 3.91. The summed E-state index contributed by atoms with van der Waals surface area (Å²) in [6.45, 7) is 6.78. The molecule has 1 aliphatic rings. The molecule has 0 aromatic heterocycles. The highest BCUT2D eigenvalue weighted by Gasteiger charge is 2.30. The van der Waals surface area contributed by atoms with Crippen LogP contribution in [0.15, 0.2) is 42.5 Å². The van der Waals surface area contributed by atoms with E-state index in [1.54, 1.807) is 0 Å². The Kier molecular flexibility index (Phi) is 6.40. The fourth-order valence-electron chi connectivity index (χ4n) is 3.43. The predicted octanol–water partition coefficient (Wildman–Crippen LogP) is 4.53. The summed E-state index contributed by atoms with van der Waals surface area (Å²) < 4.78 is 11.4. The Hall–Kier alpha value is -2.33. The molecule has 0 aliphatic carbocycles. The van der Waals surface area contributed by atoms with E-state index in [1.807, 2.05) is 20.8 Å².